The number of halogens is 2. The maximum atomic E-state index is 12.1. The third kappa shape index (κ3) is 5.26. The molecular formula is C20H15Cl2N5O3. The molecule has 0 saturated carbocycles. The molecule has 0 saturated heterocycles. The van der Waals surface area contributed by atoms with Crippen molar-refractivity contribution in [2.45, 2.75) is 12.8 Å². The molecule has 2 aromatic carbocycles. The SMILES string of the molecule is CCN(C(=O)O)C(=O)C(C#N)=NNc1ccc(C(C#N)c2ccc(Cl)cc2)c(Cl)c1. The molecule has 1 atom stereocenters. The highest BCUT2D eigenvalue weighted by Gasteiger charge is 2.24. The first kappa shape index (κ1) is 22.7. The lowest BCUT2D eigenvalue weighted by Crippen LogP contribution is -2.40. The second-order valence-corrected chi connectivity index (χ2v) is 6.71. The van der Waals surface area contributed by atoms with Gasteiger partial charge in [-0.3, -0.25) is 10.2 Å². The summed E-state index contributed by atoms with van der Waals surface area (Å²) in [6.07, 6.45) is -1.48. The van der Waals surface area contributed by atoms with Gasteiger partial charge in [0.05, 0.1) is 17.7 Å². The number of hydrogen-bond donors (Lipinski definition) is 2. The summed E-state index contributed by atoms with van der Waals surface area (Å²) < 4.78 is 0. The first-order valence-electron chi connectivity index (χ1n) is 8.55. The van der Waals surface area contributed by atoms with E-state index < -0.39 is 23.6 Å². The van der Waals surface area contributed by atoms with Crippen LogP contribution in [0.25, 0.3) is 0 Å². The number of hydrogen-bond acceptors (Lipinski definition) is 6. The van der Waals surface area contributed by atoms with Crippen LogP contribution in [-0.4, -0.2) is 34.3 Å². The molecular weight excluding hydrogens is 429 g/mol. The van der Waals surface area contributed by atoms with E-state index in [1.165, 1.54) is 13.0 Å². The zero-order valence-electron chi connectivity index (χ0n) is 15.6. The number of imide groups is 1. The quantitative estimate of drug-likeness (QED) is 0.500. The Kier molecular flexibility index (Phi) is 7.76. The maximum Gasteiger partial charge on any atom is 0.414 e. The van der Waals surface area contributed by atoms with E-state index in [0.29, 0.717) is 26.7 Å². The van der Waals surface area contributed by atoms with E-state index in [4.69, 9.17) is 33.6 Å². The van der Waals surface area contributed by atoms with E-state index in [2.05, 4.69) is 16.6 Å². The molecule has 0 fully saturated rings. The van der Waals surface area contributed by atoms with E-state index >= 15 is 0 Å². The number of nitriles is 2. The van der Waals surface area contributed by atoms with Gasteiger partial charge in [-0.15, -0.1) is 0 Å². The lowest BCUT2D eigenvalue weighted by molar-refractivity contribution is -0.121. The zero-order chi connectivity index (χ0) is 22.3. The van der Waals surface area contributed by atoms with Gasteiger partial charge in [-0.05, 0) is 42.3 Å². The van der Waals surface area contributed by atoms with Gasteiger partial charge in [0, 0.05) is 16.6 Å². The van der Waals surface area contributed by atoms with Gasteiger partial charge in [0.15, 0.2) is 0 Å². The van der Waals surface area contributed by atoms with Crippen molar-refractivity contribution in [3.63, 3.8) is 0 Å². The first-order chi connectivity index (χ1) is 14.3. The Balaban J connectivity index is 2.26. The number of carbonyl (C=O) groups excluding carboxylic acids is 1. The zero-order valence-corrected chi connectivity index (χ0v) is 17.1. The van der Waals surface area contributed by atoms with Gasteiger partial charge in [-0.25, -0.2) is 9.69 Å². The molecule has 8 nitrogen and oxygen atoms in total. The van der Waals surface area contributed by atoms with Crippen LogP contribution in [0.4, 0.5) is 10.5 Å². The van der Waals surface area contributed by atoms with Crippen molar-refractivity contribution >= 4 is 46.6 Å². The number of hydrazone groups is 1. The van der Waals surface area contributed by atoms with Crippen molar-refractivity contribution in [1.82, 2.24) is 4.90 Å². The van der Waals surface area contributed by atoms with Crippen LogP contribution in [-0.2, 0) is 4.79 Å². The highest BCUT2D eigenvalue weighted by Crippen LogP contribution is 2.32. The van der Waals surface area contributed by atoms with Crippen LogP contribution in [0, 0.1) is 22.7 Å². The highest BCUT2D eigenvalue weighted by atomic mass is 35.5. The van der Waals surface area contributed by atoms with Gasteiger partial charge in [0.1, 0.15) is 6.07 Å². The second-order valence-electron chi connectivity index (χ2n) is 5.87. The van der Waals surface area contributed by atoms with Crippen LogP contribution < -0.4 is 5.43 Å². The van der Waals surface area contributed by atoms with Crippen molar-refractivity contribution in [3.8, 4) is 12.1 Å². The molecule has 0 aliphatic carbocycles. The molecule has 0 aliphatic rings. The molecule has 0 bridgehead atoms. The minimum atomic E-state index is -1.48. The van der Waals surface area contributed by atoms with Crippen molar-refractivity contribution in [2.24, 2.45) is 5.10 Å². The summed E-state index contributed by atoms with van der Waals surface area (Å²) in [5.74, 6) is -1.67. The number of anilines is 1. The third-order valence-electron chi connectivity index (χ3n) is 4.04. The Labute approximate surface area is 182 Å². The molecule has 30 heavy (non-hydrogen) atoms. The smallest absolute Gasteiger partial charge is 0.414 e. The van der Waals surface area contributed by atoms with Gasteiger partial charge in [-0.1, -0.05) is 41.4 Å². The van der Waals surface area contributed by atoms with E-state index in [-0.39, 0.29) is 11.6 Å². The molecule has 2 aromatic rings. The average molecular weight is 444 g/mol. The van der Waals surface area contributed by atoms with Crippen LogP contribution in [0.3, 0.4) is 0 Å². The fourth-order valence-electron chi connectivity index (χ4n) is 2.54. The minimum Gasteiger partial charge on any atom is -0.465 e. The van der Waals surface area contributed by atoms with E-state index in [0.717, 1.165) is 0 Å². The molecule has 152 valence electrons. The Morgan fingerprint density at radius 3 is 2.37 bits per heavy atom. The van der Waals surface area contributed by atoms with Crippen LogP contribution in [0.2, 0.25) is 10.0 Å². The molecule has 1 unspecified atom stereocenters. The lowest BCUT2D eigenvalue weighted by atomic mass is 9.92. The average Bonchev–Trinajstić information content (AvgIpc) is 2.72. The summed E-state index contributed by atoms with van der Waals surface area (Å²) >= 11 is 12.2. The molecule has 2 N–H and O–H groups in total. The number of rotatable bonds is 6. The molecule has 0 spiro atoms. The van der Waals surface area contributed by atoms with Crippen LogP contribution >= 0.6 is 23.2 Å². The van der Waals surface area contributed by atoms with E-state index in [1.54, 1.807) is 42.5 Å². The van der Waals surface area contributed by atoms with Crippen molar-refractivity contribution in [1.29, 1.82) is 10.5 Å². The number of amides is 2. The molecule has 2 amide bonds. The van der Waals surface area contributed by atoms with Gasteiger partial charge in [0.2, 0.25) is 5.71 Å². The number of carbonyl (C=O) groups is 2. The summed E-state index contributed by atoms with van der Waals surface area (Å²) in [4.78, 5) is 23.6. The van der Waals surface area contributed by atoms with Crippen LogP contribution in [0.5, 0.6) is 0 Å². The maximum absolute atomic E-state index is 12.1. The highest BCUT2D eigenvalue weighted by molar-refractivity contribution is 6.46. The minimum absolute atomic E-state index is 0.129. The van der Waals surface area contributed by atoms with Crippen molar-refractivity contribution < 1.29 is 14.7 Å². The second kappa shape index (κ2) is 10.3. The summed E-state index contributed by atoms with van der Waals surface area (Å²) in [5.41, 5.74) is 3.49. The molecule has 0 radical (unpaired) electrons. The number of nitrogens with zero attached hydrogens (tertiary/aromatic N) is 4. The summed E-state index contributed by atoms with van der Waals surface area (Å²) in [5, 5.41) is 32.2. The third-order valence-corrected chi connectivity index (χ3v) is 4.62. The molecule has 2 rings (SSSR count). The first-order valence-corrected chi connectivity index (χ1v) is 9.31. The van der Waals surface area contributed by atoms with Crippen LogP contribution in [0.1, 0.15) is 24.0 Å². The fraction of sp³-hybridized carbons (Fsp3) is 0.150. The van der Waals surface area contributed by atoms with Gasteiger partial charge in [-0.2, -0.15) is 15.6 Å². The van der Waals surface area contributed by atoms with Crippen molar-refractivity contribution in [3.05, 3.63) is 63.6 Å². The number of carboxylic acid groups (broad SMARTS) is 1. The number of benzene rings is 2. The molecule has 10 heteroatoms. The number of nitrogens with one attached hydrogen (secondary N) is 1. The Morgan fingerprint density at radius 1 is 1.20 bits per heavy atom. The monoisotopic (exact) mass is 443 g/mol. The van der Waals surface area contributed by atoms with Gasteiger partial charge >= 0.3 is 6.09 Å². The Bertz CT molecular complexity index is 1070. The largest absolute Gasteiger partial charge is 0.465 e. The van der Waals surface area contributed by atoms with Gasteiger partial charge < -0.3 is 5.11 Å². The predicted octanol–water partition coefficient (Wildman–Crippen LogP) is 4.47. The Morgan fingerprint density at radius 2 is 1.87 bits per heavy atom. The van der Waals surface area contributed by atoms with Crippen molar-refractivity contribution in [2.75, 3.05) is 12.0 Å². The Hall–Kier alpha value is -3.59. The van der Waals surface area contributed by atoms with Gasteiger partial charge in [0.25, 0.3) is 5.91 Å². The molecule has 0 aliphatic heterocycles. The summed E-state index contributed by atoms with van der Waals surface area (Å²) in [6.45, 7) is 1.33. The molecule has 0 heterocycles. The summed E-state index contributed by atoms with van der Waals surface area (Å²) in [6, 6.07) is 15.2. The van der Waals surface area contributed by atoms with Crippen LogP contribution in [0.15, 0.2) is 47.6 Å². The van der Waals surface area contributed by atoms with E-state index in [9.17, 15) is 14.9 Å². The topological polar surface area (TPSA) is 130 Å². The fourth-order valence-corrected chi connectivity index (χ4v) is 2.96. The standard InChI is InChI=1S/C20H15Cl2N5O3/c1-2-27(20(29)30)19(28)18(11-24)26-25-14-7-8-15(17(22)9-14)16(10-23)12-3-5-13(21)6-4-12/h3-9,16,25H,2H2,1H3,(H,29,30). The lowest BCUT2D eigenvalue weighted by Gasteiger charge is -2.14. The summed E-state index contributed by atoms with van der Waals surface area (Å²) in [7, 11) is 0. The normalized spacial score (nSPS) is 11.7. The molecule has 0 aromatic heterocycles. The predicted molar refractivity (Wildman–Crippen MR) is 112 cm³/mol. The van der Waals surface area contributed by atoms with E-state index in [1.807, 2.05) is 0 Å².